The Morgan fingerprint density at radius 2 is 1.63 bits per heavy atom. The molecule has 0 radical (unpaired) electrons. The van der Waals surface area contributed by atoms with Crippen molar-refractivity contribution in [1.82, 2.24) is 9.47 Å². The van der Waals surface area contributed by atoms with Crippen LogP contribution in [0.5, 0.6) is 0 Å². The highest BCUT2D eigenvalue weighted by atomic mass is 16.1. The molecule has 1 aliphatic heterocycles. The van der Waals surface area contributed by atoms with E-state index < -0.39 is 0 Å². The Hall–Kier alpha value is -2.59. The summed E-state index contributed by atoms with van der Waals surface area (Å²) in [5.74, 6) is 0.254. The molecular formula is C23H27N3O. The molecule has 0 N–H and O–H groups in total. The van der Waals surface area contributed by atoms with Crippen molar-refractivity contribution in [1.29, 1.82) is 0 Å². The van der Waals surface area contributed by atoms with E-state index in [1.54, 1.807) is 0 Å². The zero-order valence-electron chi connectivity index (χ0n) is 16.0. The third kappa shape index (κ3) is 3.76. The summed E-state index contributed by atoms with van der Waals surface area (Å²) in [6.07, 6.45) is 2.61. The topological polar surface area (TPSA) is 28.5 Å². The molecule has 0 bridgehead atoms. The van der Waals surface area contributed by atoms with Crippen LogP contribution in [0, 0.1) is 0 Å². The maximum Gasteiger partial charge on any atom is 0.166 e. The fraction of sp³-hybridized carbons (Fsp3) is 0.348. The fourth-order valence-electron chi connectivity index (χ4n) is 3.99. The number of Topliss-reactive ketones (excluding diaryl/α,β-unsaturated/α-hetero) is 1. The Balaban J connectivity index is 1.35. The number of carbonyl (C=O) groups excluding carboxylic acids is 1. The van der Waals surface area contributed by atoms with E-state index in [4.69, 9.17) is 0 Å². The number of piperazine rings is 1. The number of carbonyl (C=O) groups is 1. The van der Waals surface area contributed by atoms with Crippen LogP contribution in [-0.4, -0.2) is 48.0 Å². The third-order valence-electron chi connectivity index (χ3n) is 5.58. The molecule has 1 fully saturated rings. The molecule has 2 aromatic carbocycles. The lowest BCUT2D eigenvalue weighted by atomic mass is 10.1. The van der Waals surface area contributed by atoms with Gasteiger partial charge in [0.25, 0.3) is 0 Å². The molecule has 140 valence electrons. The molecule has 27 heavy (non-hydrogen) atoms. The predicted molar refractivity (Wildman–Crippen MR) is 112 cm³/mol. The second-order valence-corrected chi connectivity index (χ2v) is 7.18. The van der Waals surface area contributed by atoms with Crippen LogP contribution in [0.15, 0.2) is 60.8 Å². The van der Waals surface area contributed by atoms with E-state index in [-0.39, 0.29) is 5.78 Å². The number of anilines is 1. The molecule has 4 nitrogen and oxygen atoms in total. The molecule has 4 rings (SSSR count). The van der Waals surface area contributed by atoms with Crippen molar-refractivity contribution < 1.29 is 4.79 Å². The average Bonchev–Trinajstić information content (AvgIpc) is 3.12. The smallest absolute Gasteiger partial charge is 0.166 e. The van der Waals surface area contributed by atoms with Crippen molar-refractivity contribution in [2.24, 2.45) is 0 Å². The van der Waals surface area contributed by atoms with E-state index in [1.165, 1.54) is 5.69 Å². The first kappa shape index (κ1) is 17.8. The Morgan fingerprint density at radius 3 is 2.37 bits per heavy atom. The normalized spacial score (nSPS) is 15.4. The fourth-order valence-corrected chi connectivity index (χ4v) is 3.99. The van der Waals surface area contributed by atoms with E-state index in [0.29, 0.717) is 6.42 Å². The van der Waals surface area contributed by atoms with Crippen molar-refractivity contribution in [3.8, 4) is 0 Å². The number of nitrogens with zero attached hydrogens (tertiary/aromatic N) is 3. The van der Waals surface area contributed by atoms with E-state index in [0.717, 1.165) is 55.7 Å². The van der Waals surface area contributed by atoms with E-state index in [9.17, 15) is 4.79 Å². The summed E-state index contributed by atoms with van der Waals surface area (Å²) < 4.78 is 2.17. The van der Waals surface area contributed by atoms with Gasteiger partial charge >= 0.3 is 0 Å². The number of hydrogen-bond donors (Lipinski definition) is 0. The Labute approximate surface area is 161 Å². The van der Waals surface area contributed by atoms with Gasteiger partial charge in [-0.05, 0) is 25.1 Å². The van der Waals surface area contributed by atoms with E-state index in [1.807, 2.05) is 18.3 Å². The summed E-state index contributed by atoms with van der Waals surface area (Å²) in [6.45, 7) is 7.91. The van der Waals surface area contributed by atoms with Crippen LogP contribution in [0.25, 0.3) is 10.9 Å². The first-order valence-corrected chi connectivity index (χ1v) is 9.89. The largest absolute Gasteiger partial charge is 0.369 e. The highest BCUT2D eigenvalue weighted by molar-refractivity contribution is 6.08. The monoisotopic (exact) mass is 361 g/mol. The van der Waals surface area contributed by atoms with Gasteiger partial charge in [-0.1, -0.05) is 36.4 Å². The van der Waals surface area contributed by atoms with Gasteiger partial charge in [-0.3, -0.25) is 9.69 Å². The lowest BCUT2D eigenvalue weighted by Gasteiger charge is -2.36. The Morgan fingerprint density at radius 1 is 0.926 bits per heavy atom. The Bertz CT molecular complexity index is 908. The van der Waals surface area contributed by atoms with Crippen molar-refractivity contribution in [2.75, 3.05) is 37.6 Å². The average molecular weight is 361 g/mol. The molecule has 3 aromatic rings. The number of hydrogen-bond acceptors (Lipinski definition) is 3. The number of ketones is 1. The van der Waals surface area contributed by atoms with E-state index >= 15 is 0 Å². The van der Waals surface area contributed by atoms with Crippen molar-refractivity contribution in [3.63, 3.8) is 0 Å². The van der Waals surface area contributed by atoms with Crippen LogP contribution in [0.3, 0.4) is 0 Å². The minimum Gasteiger partial charge on any atom is -0.369 e. The third-order valence-corrected chi connectivity index (χ3v) is 5.58. The molecule has 2 heterocycles. The molecule has 4 heteroatoms. The number of rotatable bonds is 6. The summed E-state index contributed by atoms with van der Waals surface area (Å²) in [6, 6.07) is 18.8. The van der Waals surface area contributed by atoms with Gasteiger partial charge in [0.1, 0.15) is 0 Å². The second kappa shape index (κ2) is 7.97. The highest BCUT2D eigenvalue weighted by Gasteiger charge is 2.19. The molecule has 0 saturated carbocycles. The molecule has 1 aromatic heterocycles. The molecule has 0 aliphatic carbocycles. The molecule has 0 unspecified atom stereocenters. The quantitative estimate of drug-likeness (QED) is 0.620. The molecule has 0 amide bonds. The van der Waals surface area contributed by atoms with Crippen LogP contribution in [0.1, 0.15) is 23.7 Å². The maximum atomic E-state index is 12.9. The van der Waals surface area contributed by atoms with Crippen LogP contribution < -0.4 is 4.90 Å². The summed E-state index contributed by atoms with van der Waals surface area (Å²) in [4.78, 5) is 17.7. The maximum absolute atomic E-state index is 12.9. The van der Waals surface area contributed by atoms with Crippen molar-refractivity contribution in [2.45, 2.75) is 19.9 Å². The molecule has 0 atom stereocenters. The first-order chi connectivity index (χ1) is 13.3. The minimum atomic E-state index is 0.254. The second-order valence-electron chi connectivity index (χ2n) is 7.18. The highest BCUT2D eigenvalue weighted by Crippen LogP contribution is 2.23. The molecular weight excluding hydrogens is 334 g/mol. The van der Waals surface area contributed by atoms with Gasteiger partial charge in [0, 0.05) is 74.0 Å². The van der Waals surface area contributed by atoms with Gasteiger partial charge in [0.15, 0.2) is 5.78 Å². The summed E-state index contributed by atoms with van der Waals surface area (Å²) in [7, 11) is 0. The first-order valence-electron chi connectivity index (χ1n) is 9.89. The number of aryl methyl sites for hydroxylation is 1. The van der Waals surface area contributed by atoms with Gasteiger partial charge in [0.2, 0.25) is 0 Å². The number of benzene rings is 2. The molecule has 1 aliphatic rings. The van der Waals surface area contributed by atoms with Gasteiger partial charge in [-0.2, -0.15) is 0 Å². The standard InChI is InChI=1S/C23H27N3O/c1-2-25-18-21(20-10-6-7-11-22(20)25)23(27)12-13-24-14-16-26(17-15-24)19-8-4-3-5-9-19/h3-11,18H,2,12-17H2,1H3. The van der Waals surface area contributed by atoms with Crippen molar-refractivity contribution in [3.05, 3.63) is 66.4 Å². The van der Waals surface area contributed by atoms with Gasteiger partial charge in [-0.25, -0.2) is 0 Å². The van der Waals surface area contributed by atoms with E-state index in [2.05, 4.69) is 63.8 Å². The molecule has 1 saturated heterocycles. The lowest BCUT2D eigenvalue weighted by molar-refractivity contribution is 0.0964. The summed E-state index contributed by atoms with van der Waals surface area (Å²) in [5.41, 5.74) is 3.32. The number of aromatic nitrogens is 1. The van der Waals surface area contributed by atoms with Crippen LogP contribution >= 0.6 is 0 Å². The number of para-hydroxylation sites is 2. The van der Waals surface area contributed by atoms with Crippen LogP contribution in [-0.2, 0) is 6.54 Å². The predicted octanol–water partition coefficient (Wildman–Crippen LogP) is 4.06. The zero-order chi connectivity index (χ0) is 18.6. The number of fused-ring (bicyclic) bond motifs is 1. The Kier molecular flexibility index (Phi) is 5.26. The zero-order valence-corrected chi connectivity index (χ0v) is 16.0. The van der Waals surface area contributed by atoms with Gasteiger partial charge in [-0.15, -0.1) is 0 Å². The van der Waals surface area contributed by atoms with Gasteiger partial charge < -0.3 is 9.47 Å². The van der Waals surface area contributed by atoms with Crippen LogP contribution in [0.2, 0.25) is 0 Å². The summed E-state index contributed by atoms with van der Waals surface area (Å²) >= 11 is 0. The molecule has 0 spiro atoms. The van der Waals surface area contributed by atoms with Crippen LogP contribution in [0.4, 0.5) is 5.69 Å². The minimum absolute atomic E-state index is 0.254. The summed E-state index contributed by atoms with van der Waals surface area (Å²) in [5, 5.41) is 1.08. The SMILES string of the molecule is CCn1cc(C(=O)CCN2CCN(c3ccccc3)CC2)c2ccccc21. The van der Waals surface area contributed by atoms with Gasteiger partial charge in [0.05, 0.1) is 0 Å². The van der Waals surface area contributed by atoms with Crippen molar-refractivity contribution >= 4 is 22.4 Å². The lowest BCUT2D eigenvalue weighted by Crippen LogP contribution is -2.46.